The number of carbonyl (C=O) groups is 2. The molecular weight excluding hydrogens is 498 g/mol. The number of benzene rings is 3. The molecule has 3 aromatic rings. The van der Waals surface area contributed by atoms with Gasteiger partial charge in [-0.3, -0.25) is 9.59 Å². The maximum Gasteiger partial charge on any atom is 0.298 e. The highest BCUT2D eigenvalue weighted by Gasteiger charge is 2.37. The van der Waals surface area contributed by atoms with Crippen molar-refractivity contribution >= 4 is 62.2 Å². The SMILES string of the molecule is Cc1ccc(COc2ccc(Br)cc2/C=C2\SC(=O)N(c3ccccc3Cl)C2=O)cc1. The van der Waals surface area contributed by atoms with Gasteiger partial charge in [0.15, 0.2) is 0 Å². The van der Waals surface area contributed by atoms with Gasteiger partial charge in [-0.2, -0.15) is 0 Å². The molecule has 0 aliphatic carbocycles. The summed E-state index contributed by atoms with van der Waals surface area (Å²) in [5, 5.41) is -0.0444. The van der Waals surface area contributed by atoms with Crippen LogP contribution in [0.4, 0.5) is 10.5 Å². The first kappa shape index (κ1) is 21.7. The summed E-state index contributed by atoms with van der Waals surface area (Å²) in [6.07, 6.45) is 1.68. The van der Waals surface area contributed by atoms with Gasteiger partial charge in [-0.15, -0.1) is 0 Å². The van der Waals surface area contributed by atoms with Crippen molar-refractivity contribution in [3.63, 3.8) is 0 Å². The number of thioether (sulfide) groups is 1. The van der Waals surface area contributed by atoms with Gasteiger partial charge < -0.3 is 4.74 Å². The second-order valence-electron chi connectivity index (χ2n) is 6.92. The van der Waals surface area contributed by atoms with Crippen molar-refractivity contribution in [2.75, 3.05) is 4.90 Å². The lowest BCUT2D eigenvalue weighted by Gasteiger charge is -2.14. The zero-order chi connectivity index (χ0) is 22.0. The summed E-state index contributed by atoms with van der Waals surface area (Å²) < 4.78 is 6.86. The second kappa shape index (κ2) is 9.30. The van der Waals surface area contributed by atoms with Crippen LogP contribution in [0.1, 0.15) is 16.7 Å². The Morgan fingerprint density at radius 3 is 2.55 bits per heavy atom. The predicted molar refractivity (Wildman–Crippen MR) is 130 cm³/mol. The third-order valence-corrected chi connectivity index (χ3v) is 6.34. The highest BCUT2D eigenvalue weighted by atomic mass is 79.9. The van der Waals surface area contributed by atoms with Gasteiger partial charge in [0.25, 0.3) is 11.1 Å². The molecule has 7 heteroatoms. The molecule has 0 aromatic heterocycles. The van der Waals surface area contributed by atoms with E-state index in [9.17, 15) is 9.59 Å². The van der Waals surface area contributed by atoms with Crippen molar-refractivity contribution in [2.24, 2.45) is 0 Å². The summed E-state index contributed by atoms with van der Waals surface area (Å²) in [6.45, 7) is 2.43. The molecule has 4 nitrogen and oxygen atoms in total. The Bertz CT molecular complexity index is 1190. The van der Waals surface area contributed by atoms with Crippen LogP contribution in [-0.4, -0.2) is 11.1 Å². The van der Waals surface area contributed by atoms with Crippen molar-refractivity contribution in [3.05, 3.63) is 97.8 Å². The molecule has 0 spiro atoms. The number of hydrogen-bond acceptors (Lipinski definition) is 4. The monoisotopic (exact) mass is 513 g/mol. The summed E-state index contributed by atoms with van der Waals surface area (Å²) in [5.41, 5.74) is 3.30. The molecule has 0 saturated carbocycles. The van der Waals surface area contributed by atoms with E-state index in [1.54, 1.807) is 30.3 Å². The smallest absolute Gasteiger partial charge is 0.298 e. The van der Waals surface area contributed by atoms with Crippen LogP contribution in [0.2, 0.25) is 5.02 Å². The van der Waals surface area contributed by atoms with Crippen molar-refractivity contribution in [3.8, 4) is 5.75 Å². The van der Waals surface area contributed by atoms with Gasteiger partial charge in [0.2, 0.25) is 0 Å². The molecule has 1 aliphatic heterocycles. The molecule has 1 aliphatic rings. The second-order valence-corrected chi connectivity index (χ2v) is 9.24. The Morgan fingerprint density at radius 2 is 1.81 bits per heavy atom. The number of aryl methyl sites for hydroxylation is 1. The van der Waals surface area contributed by atoms with E-state index < -0.39 is 5.91 Å². The molecule has 0 radical (unpaired) electrons. The molecule has 4 rings (SSSR count). The first-order chi connectivity index (χ1) is 14.9. The molecular formula is C24H17BrClNO3S. The first-order valence-electron chi connectivity index (χ1n) is 9.43. The fourth-order valence-electron chi connectivity index (χ4n) is 3.06. The van der Waals surface area contributed by atoms with E-state index in [-0.39, 0.29) is 5.24 Å². The van der Waals surface area contributed by atoms with Crippen LogP contribution in [0, 0.1) is 6.92 Å². The number of amides is 2. The maximum atomic E-state index is 13.0. The number of hydrogen-bond donors (Lipinski definition) is 0. The molecule has 2 amide bonds. The van der Waals surface area contributed by atoms with Crippen molar-refractivity contribution in [1.82, 2.24) is 0 Å². The molecule has 31 heavy (non-hydrogen) atoms. The molecule has 0 bridgehead atoms. The van der Waals surface area contributed by atoms with Gasteiger partial charge in [0.05, 0.1) is 15.6 Å². The van der Waals surface area contributed by atoms with Gasteiger partial charge in [-0.1, -0.05) is 69.5 Å². The van der Waals surface area contributed by atoms with E-state index in [1.165, 1.54) is 5.56 Å². The third-order valence-electron chi connectivity index (χ3n) is 4.66. The minimum Gasteiger partial charge on any atom is -0.488 e. The summed E-state index contributed by atoms with van der Waals surface area (Å²) >= 11 is 10.5. The molecule has 1 fully saturated rings. The highest BCUT2D eigenvalue weighted by Crippen LogP contribution is 2.39. The number of halogens is 2. The van der Waals surface area contributed by atoms with Gasteiger partial charge >= 0.3 is 0 Å². The first-order valence-corrected chi connectivity index (χ1v) is 11.4. The van der Waals surface area contributed by atoms with Crippen molar-refractivity contribution < 1.29 is 14.3 Å². The van der Waals surface area contributed by atoms with Crippen molar-refractivity contribution in [1.29, 1.82) is 0 Å². The van der Waals surface area contributed by atoms with Crippen LogP contribution in [-0.2, 0) is 11.4 Å². The summed E-state index contributed by atoms with van der Waals surface area (Å²) in [5.74, 6) is 0.209. The van der Waals surface area contributed by atoms with E-state index in [1.807, 2.05) is 49.4 Å². The minimum absolute atomic E-state index is 0.309. The molecule has 3 aromatic carbocycles. The Kier molecular flexibility index (Phi) is 6.51. The third kappa shape index (κ3) is 4.87. The molecule has 0 N–H and O–H groups in total. The topological polar surface area (TPSA) is 46.6 Å². The standard InChI is InChI=1S/C24H17BrClNO3S/c1-15-6-8-16(9-7-15)14-30-21-11-10-18(25)12-17(21)13-22-23(28)27(24(29)31-22)20-5-3-2-4-19(20)26/h2-13H,14H2,1H3/b22-13-. The Balaban J connectivity index is 1.61. The Morgan fingerprint density at radius 1 is 1.06 bits per heavy atom. The van der Waals surface area contributed by atoms with E-state index in [0.29, 0.717) is 33.5 Å². The molecule has 156 valence electrons. The van der Waals surface area contributed by atoms with Crippen LogP contribution >= 0.6 is 39.3 Å². The lowest BCUT2D eigenvalue weighted by molar-refractivity contribution is -0.113. The lowest BCUT2D eigenvalue weighted by Crippen LogP contribution is -2.27. The number of ether oxygens (including phenoxy) is 1. The van der Waals surface area contributed by atoms with E-state index in [4.69, 9.17) is 16.3 Å². The molecule has 0 unspecified atom stereocenters. The largest absolute Gasteiger partial charge is 0.488 e. The predicted octanol–water partition coefficient (Wildman–Crippen LogP) is 7.23. The zero-order valence-electron chi connectivity index (χ0n) is 16.5. The Labute approximate surface area is 198 Å². The highest BCUT2D eigenvalue weighted by molar-refractivity contribution is 9.10. The van der Waals surface area contributed by atoms with Gasteiger partial charge in [0, 0.05) is 10.0 Å². The van der Waals surface area contributed by atoms with E-state index in [0.717, 1.165) is 26.7 Å². The fraction of sp³-hybridized carbons (Fsp3) is 0.0833. The number of rotatable bonds is 5. The zero-order valence-corrected chi connectivity index (χ0v) is 19.6. The summed E-state index contributed by atoms with van der Waals surface area (Å²) in [6, 6.07) is 20.4. The number of imide groups is 1. The average Bonchev–Trinajstić information content (AvgIpc) is 3.02. The fourth-order valence-corrected chi connectivity index (χ4v) is 4.48. The van der Waals surface area contributed by atoms with Gasteiger partial charge in [-0.25, -0.2) is 4.90 Å². The van der Waals surface area contributed by atoms with Crippen LogP contribution in [0.3, 0.4) is 0 Å². The van der Waals surface area contributed by atoms with E-state index in [2.05, 4.69) is 15.9 Å². The number of anilines is 1. The maximum absolute atomic E-state index is 13.0. The quantitative estimate of drug-likeness (QED) is 0.337. The number of para-hydroxylation sites is 1. The normalized spacial score (nSPS) is 15.1. The van der Waals surface area contributed by atoms with E-state index >= 15 is 0 Å². The van der Waals surface area contributed by atoms with Gasteiger partial charge in [0.1, 0.15) is 12.4 Å². The van der Waals surface area contributed by atoms with Crippen LogP contribution < -0.4 is 9.64 Å². The molecule has 1 heterocycles. The van der Waals surface area contributed by atoms with Crippen LogP contribution in [0.25, 0.3) is 6.08 Å². The minimum atomic E-state index is -0.410. The van der Waals surface area contributed by atoms with Gasteiger partial charge in [-0.05, 0) is 60.7 Å². The van der Waals surface area contributed by atoms with Crippen LogP contribution in [0.15, 0.2) is 76.1 Å². The average molecular weight is 515 g/mol. The van der Waals surface area contributed by atoms with Crippen molar-refractivity contribution in [2.45, 2.75) is 13.5 Å². The van der Waals surface area contributed by atoms with Crippen LogP contribution in [0.5, 0.6) is 5.75 Å². The Hall–Kier alpha value is -2.54. The summed E-state index contributed by atoms with van der Waals surface area (Å²) in [4.78, 5) is 27.0. The number of carbonyl (C=O) groups excluding carboxylic acids is 2. The molecule has 0 atom stereocenters. The summed E-state index contributed by atoms with van der Waals surface area (Å²) in [7, 11) is 0. The molecule has 1 saturated heterocycles. The number of nitrogens with zero attached hydrogens (tertiary/aromatic N) is 1. The lowest BCUT2D eigenvalue weighted by atomic mass is 10.1.